The number of carbonyl (C=O) groups is 1. The van der Waals surface area contributed by atoms with E-state index in [0.29, 0.717) is 16.8 Å². The van der Waals surface area contributed by atoms with Gasteiger partial charge in [-0.05, 0) is 36.6 Å². The summed E-state index contributed by atoms with van der Waals surface area (Å²) in [4.78, 5) is 32.7. The minimum Gasteiger partial charge on any atom is -0.422 e. The number of hydrogen-bond donors (Lipinski definition) is 2. The Balaban J connectivity index is 1.49. The van der Waals surface area contributed by atoms with Crippen LogP contribution in [0.2, 0.25) is 0 Å². The number of nitrogens with two attached hydrogens (primary N) is 1. The summed E-state index contributed by atoms with van der Waals surface area (Å²) in [6.07, 6.45) is 7.25. The van der Waals surface area contributed by atoms with Crippen LogP contribution in [0.25, 0.3) is 33.3 Å². The molecule has 1 aliphatic carbocycles. The Labute approximate surface area is 168 Å². The lowest BCUT2D eigenvalue weighted by Crippen LogP contribution is -2.29. The van der Waals surface area contributed by atoms with Crippen molar-refractivity contribution in [3.05, 3.63) is 63.1 Å². The predicted octanol–water partition coefficient (Wildman–Crippen LogP) is 3.44. The van der Waals surface area contributed by atoms with Gasteiger partial charge in [-0.3, -0.25) is 4.79 Å². The summed E-state index contributed by atoms with van der Waals surface area (Å²) < 4.78 is 6.18. The first kappa shape index (κ1) is 17.6. The van der Waals surface area contributed by atoms with E-state index in [2.05, 4.69) is 15.3 Å². The van der Waals surface area contributed by atoms with Crippen molar-refractivity contribution in [2.75, 3.05) is 5.73 Å². The van der Waals surface area contributed by atoms with Crippen molar-refractivity contribution >= 4 is 56.4 Å². The van der Waals surface area contributed by atoms with Gasteiger partial charge in [0, 0.05) is 22.4 Å². The van der Waals surface area contributed by atoms with Gasteiger partial charge in [-0.25, -0.2) is 14.8 Å². The zero-order valence-electron chi connectivity index (χ0n) is 15.2. The van der Waals surface area contributed by atoms with Crippen LogP contribution in [0.1, 0.15) is 34.3 Å². The smallest absolute Gasteiger partial charge is 0.349 e. The number of anilines is 1. The molecule has 1 saturated carbocycles. The van der Waals surface area contributed by atoms with Gasteiger partial charge >= 0.3 is 5.63 Å². The summed E-state index contributed by atoms with van der Waals surface area (Å²) in [5.74, 6) is 0.0866. The molecular weight excluding hydrogens is 388 g/mol. The van der Waals surface area contributed by atoms with Crippen LogP contribution in [-0.4, -0.2) is 21.9 Å². The van der Waals surface area contributed by atoms with Crippen molar-refractivity contribution in [3.8, 4) is 0 Å². The first-order chi connectivity index (χ1) is 14.1. The second-order valence-corrected chi connectivity index (χ2v) is 7.83. The zero-order chi connectivity index (χ0) is 20.0. The average molecular weight is 404 g/mol. The third kappa shape index (κ3) is 3.38. The second-order valence-electron chi connectivity index (χ2n) is 6.95. The lowest BCUT2D eigenvalue weighted by atomic mass is 10.1. The van der Waals surface area contributed by atoms with Crippen LogP contribution < -0.4 is 16.7 Å². The van der Waals surface area contributed by atoms with Crippen LogP contribution in [0.3, 0.4) is 0 Å². The van der Waals surface area contributed by atoms with Gasteiger partial charge in [0.25, 0.3) is 5.91 Å². The van der Waals surface area contributed by atoms with Gasteiger partial charge in [-0.1, -0.05) is 18.2 Å². The fourth-order valence-electron chi connectivity index (χ4n) is 3.09. The first-order valence-corrected chi connectivity index (χ1v) is 10.0. The van der Waals surface area contributed by atoms with Crippen LogP contribution in [-0.2, 0) is 0 Å². The highest BCUT2D eigenvalue weighted by atomic mass is 32.1. The summed E-state index contributed by atoms with van der Waals surface area (Å²) in [5.41, 5.74) is 8.40. The molecule has 0 spiro atoms. The molecule has 1 aromatic carbocycles. The summed E-state index contributed by atoms with van der Waals surface area (Å²) >= 11 is 1.50. The number of fused-ring (bicyclic) bond motifs is 2. The van der Waals surface area contributed by atoms with Crippen LogP contribution >= 0.6 is 11.3 Å². The molecule has 3 N–H and O–H groups in total. The van der Waals surface area contributed by atoms with E-state index in [1.54, 1.807) is 12.1 Å². The van der Waals surface area contributed by atoms with Crippen molar-refractivity contribution in [2.45, 2.75) is 18.9 Å². The fraction of sp³-hybridized carbons (Fsp3) is 0.143. The van der Waals surface area contributed by atoms with Gasteiger partial charge in [-0.2, -0.15) is 0 Å². The topological polar surface area (TPSA) is 111 Å². The zero-order valence-corrected chi connectivity index (χ0v) is 16.0. The van der Waals surface area contributed by atoms with E-state index in [4.69, 9.17) is 10.2 Å². The molecule has 4 aromatic rings. The Kier molecular flexibility index (Phi) is 4.13. The number of nitrogens with one attached hydrogen (secondary N) is 1. The standard InChI is InChI=1S/C21H16N4O3S/c22-19-18-17(23-10-24-19)12(9-29-18)3-1-11-2-6-16-13(7-11)8-15(21(27)28-16)20(26)25-14-4-5-14/h1-3,6-10,14H,4-5H2,(H,25,26)(H2,22,23,24)/b3-1+. The Morgan fingerprint density at radius 3 is 2.93 bits per heavy atom. The van der Waals surface area contributed by atoms with Crippen LogP contribution in [0.15, 0.2) is 45.2 Å². The summed E-state index contributed by atoms with van der Waals surface area (Å²) in [6.45, 7) is 0. The predicted molar refractivity (Wildman–Crippen MR) is 114 cm³/mol. The summed E-state index contributed by atoms with van der Waals surface area (Å²) in [7, 11) is 0. The Bertz CT molecular complexity index is 1350. The molecule has 0 atom stereocenters. The molecule has 0 aliphatic heterocycles. The molecule has 0 radical (unpaired) electrons. The average Bonchev–Trinajstić information content (AvgIpc) is 3.42. The molecule has 1 amide bonds. The Hall–Kier alpha value is -3.52. The van der Waals surface area contributed by atoms with E-state index < -0.39 is 5.63 Å². The van der Waals surface area contributed by atoms with Gasteiger partial charge in [-0.15, -0.1) is 11.3 Å². The maximum absolute atomic E-state index is 12.3. The minimum absolute atomic E-state index is 0.0292. The van der Waals surface area contributed by atoms with Crippen LogP contribution in [0.5, 0.6) is 0 Å². The molecule has 144 valence electrons. The number of hydrogen-bond acceptors (Lipinski definition) is 7. The first-order valence-electron chi connectivity index (χ1n) is 9.13. The highest BCUT2D eigenvalue weighted by Gasteiger charge is 2.25. The number of thiophene rings is 1. The van der Waals surface area contributed by atoms with E-state index in [0.717, 1.165) is 34.2 Å². The van der Waals surface area contributed by atoms with Gasteiger partial charge in [0.05, 0.1) is 10.2 Å². The normalized spacial score (nSPS) is 14.1. The molecule has 8 heteroatoms. The van der Waals surface area contributed by atoms with E-state index in [9.17, 15) is 9.59 Å². The lowest BCUT2D eigenvalue weighted by Gasteiger charge is -2.04. The maximum atomic E-state index is 12.3. The molecule has 1 aliphatic rings. The van der Waals surface area contributed by atoms with Gasteiger partial charge in [0.15, 0.2) is 0 Å². The summed E-state index contributed by atoms with van der Waals surface area (Å²) in [6, 6.07) is 7.21. The second kappa shape index (κ2) is 6.82. The van der Waals surface area contributed by atoms with E-state index >= 15 is 0 Å². The van der Waals surface area contributed by atoms with E-state index in [-0.39, 0.29) is 17.5 Å². The number of nitrogen functional groups attached to an aromatic ring is 1. The molecular formula is C21H16N4O3S. The molecule has 0 unspecified atom stereocenters. The lowest BCUT2D eigenvalue weighted by molar-refractivity contribution is 0.0947. The largest absolute Gasteiger partial charge is 0.422 e. The van der Waals surface area contributed by atoms with Crippen molar-refractivity contribution < 1.29 is 9.21 Å². The Morgan fingerprint density at radius 1 is 1.24 bits per heavy atom. The molecule has 5 rings (SSSR count). The number of nitrogens with zero attached hydrogens (tertiary/aromatic N) is 2. The maximum Gasteiger partial charge on any atom is 0.349 e. The number of benzene rings is 1. The van der Waals surface area contributed by atoms with Gasteiger partial charge in [0.2, 0.25) is 0 Å². The quantitative estimate of drug-likeness (QED) is 0.504. The molecule has 3 aromatic heterocycles. The summed E-state index contributed by atoms with van der Waals surface area (Å²) in [5, 5.41) is 5.49. The minimum atomic E-state index is -0.624. The molecule has 29 heavy (non-hydrogen) atoms. The molecule has 7 nitrogen and oxygen atoms in total. The van der Waals surface area contributed by atoms with Crippen molar-refractivity contribution in [2.24, 2.45) is 0 Å². The number of amides is 1. The number of rotatable bonds is 4. The molecule has 0 saturated heterocycles. The van der Waals surface area contributed by atoms with E-state index in [1.165, 1.54) is 17.7 Å². The third-order valence-corrected chi connectivity index (χ3v) is 5.79. The number of aromatic nitrogens is 2. The molecule has 3 heterocycles. The van der Waals surface area contributed by atoms with Crippen LogP contribution in [0.4, 0.5) is 5.82 Å². The van der Waals surface area contributed by atoms with Crippen molar-refractivity contribution in [1.29, 1.82) is 0 Å². The molecule has 0 bridgehead atoms. The van der Waals surface area contributed by atoms with Gasteiger partial charge in [0.1, 0.15) is 23.3 Å². The highest BCUT2D eigenvalue weighted by molar-refractivity contribution is 7.18. The van der Waals surface area contributed by atoms with Crippen molar-refractivity contribution in [1.82, 2.24) is 15.3 Å². The molecule has 1 fully saturated rings. The number of carbonyl (C=O) groups excluding carboxylic acids is 1. The Morgan fingerprint density at radius 2 is 2.10 bits per heavy atom. The SMILES string of the molecule is Nc1ncnc2c(/C=C/c3ccc4oc(=O)c(C(=O)NC5CC5)cc4c3)csc12. The monoisotopic (exact) mass is 404 g/mol. The van der Waals surface area contributed by atoms with Gasteiger partial charge < -0.3 is 15.5 Å². The fourth-order valence-corrected chi connectivity index (χ4v) is 3.98. The highest BCUT2D eigenvalue weighted by Crippen LogP contribution is 2.29. The third-order valence-electron chi connectivity index (χ3n) is 4.78. The van der Waals surface area contributed by atoms with Crippen LogP contribution in [0, 0.1) is 0 Å². The van der Waals surface area contributed by atoms with Crippen molar-refractivity contribution in [3.63, 3.8) is 0 Å². The van der Waals surface area contributed by atoms with E-state index in [1.807, 2.05) is 29.7 Å².